The first-order chi connectivity index (χ1) is 36.2. The normalized spacial score (nSPS) is 14.3. The summed E-state index contributed by atoms with van der Waals surface area (Å²) >= 11 is 0. The molecule has 0 radical (unpaired) electrons. The molecule has 2 N–H and O–H groups in total. The Labute approximate surface area is 449 Å². The van der Waals surface area contributed by atoms with Crippen LogP contribution in [0.2, 0.25) is 0 Å². The van der Waals surface area contributed by atoms with Gasteiger partial charge in [-0.05, 0) is 128 Å². The second kappa shape index (κ2) is 55.1. The Kier molecular flexibility index (Phi) is 52.1. The number of aliphatic hydroxyl groups is 1. The Bertz CT molecular complexity index is 1700. The molecule has 0 aromatic carbocycles. The van der Waals surface area contributed by atoms with Crippen LogP contribution in [0.15, 0.2) is 122 Å². The van der Waals surface area contributed by atoms with Gasteiger partial charge >= 0.3 is 25.7 Å². The Morgan fingerprint density at radius 3 is 1.14 bits per heavy atom. The van der Waals surface area contributed by atoms with Crippen molar-refractivity contribution in [3.63, 3.8) is 0 Å². The van der Waals surface area contributed by atoms with E-state index in [2.05, 4.69) is 142 Å². The maximum Gasteiger partial charge on any atom is 0.472 e. The minimum absolute atomic E-state index is 0.112. The monoisotopic (exact) mass is 1050 g/mol. The highest BCUT2D eigenvalue weighted by atomic mass is 31.2. The predicted molar refractivity (Wildman–Crippen MR) is 306 cm³/mol. The molecule has 0 spiro atoms. The first-order valence-electron chi connectivity index (χ1n) is 28.4. The molecule has 420 valence electrons. The highest BCUT2D eigenvalue weighted by molar-refractivity contribution is 7.47. The molecule has 0 saturated carbocycles. The van der Waals surface area contributed by atoms with E-state index in [0.717, 1.165) is 128 Å². The number of esters is 3. The molecule has 0 amide bonds. The van der Waals surface area contributed by atoms with Gasteiger partial charge in [0.15, 0.2) is 6.10 Å². The SMILES string of the molecule is CC/C=C\C/C=C\C/C=C\C/C=C\C/C=C\CCCCCC(=O)OC(COC(=O)CCCC/C=C\C/C=C\C/C=C\C/C=C\CC)COP(=O)(O)OCC(CO)OC(=O)CCCCCCC/C=C\CCCCCC. The minimum Gasteiger partial charge on any atom is -0.462 e. The number of allylic oxidation sites excluding steroid dienone is 20. The van der Waals surface area contributed by atoms with Crippen LogP contribution in [-0.2, 0) is 42.2 Å². The molecule has 0 rings (SSSR count). The number of hydrogen-bond donors (Lipinski definition) is 2. The van der Waals surface area contributed by atoms with Gasteiger partial charge in [-0.15, -0.1) is 0 Å². The molecule has 0 aromatic heterocycles. The zero-order valence-corrected chi connectivity index (χ0v) is 47.2. The van der Waals surface area contributed by atoms with E-state index < -0.39 is 57.8 Å². The van der Waals surface area contributed by atoms with Gasteiger partial charge in [0.25, 0.3) is 0 Å². The quantitative estimate of drug-likeness (QED) is 0.0197. The molecule has 3 atom stereocenters. The summed E-state index contributed by atoms with van der Waals surface area (Å²) in [5.74, 6) is -1.58. The summed E-state index contributed by atoms with van der Waals surface area (Å²) in [7, 11) is -4.77. The zero-order valence-electron chi connectivity index (χ0n) is 46.3. The lowest BCUT2D eigenvalue weighted by atomic mass is 10.1. The van der Waals surface area contributed by atoms with E-state index >= 15 is 0 Å². The summed E-state index contributed by atoms with van der Waals surface area (Å²) in [6.45, 7) is 4.28. The third kappa shape index (κ3) is 52.7. The molecule has 12 heteroatoms. The molecular formula is C62H101O11P. The number of carbonyl (C=O) groups excluding carboxylic acids is 3. The predicted octanol–water partition coefficient (Wildman–Crippen LogP) is 16.8. The third-order valence-electron chi connectivity index (χ3n) is 11.3. The maximum atomic E-state index is 12.9. The van der Waals surface area contributed by atoms with Crippen LogP contribution in [0.3, 0.4) is 0 Å². The Morgan fingerprint density at radius 2 is 0.703 bits per heavy atom. The van der Waals surface area contributed by atoms with Crippen molar-refractivity contribution in [3.8, 4) is 0 Å². The Morgan fingerprint density at radius 1 is 0.392 bits per heavy atom. The smallest absolute Gasteiger partial charge is 0.462 e. The first kappa shape index (κ1) is 69.9. The van der Waals surface area contributed by atoms with Gasteiger partial charge in [-0.2, -0.15) is 0 Å². The van der Waals surface area contributed by atoms with Crippen LogP contribution in [0.4, 0.5) is 0 Å². The molecule has 0 aliphatic heterocycles. The van der Waals surface area contributed by atoms with Gasteiger partial charge < -0.3 is 24.2 Å². The number of carbonyl (C=O) groups is 3. The second-order valence-corrected chi connectivity index (χ2v) is 19.8. The molecule has 74 heavy (non-hydrogen) atoms. The van der Waals surface area contributed by atoms with Crippen molar-refractivity contribution >= 4 is 25.7 Å². The van der Waals surface area contributed by atoms with E-state index in [9.17, 15) is 28.9 Å². The van der Waals surface area contributed by atoms with Gasteiger partial charge in [0, 0.05) is 19.3 Å². The zero-order chi connectivity index (χ0) is 54.1. The fraction of sp³-hybridized carbons (Fsp3) is 0.629. The van der Waals surface area contributed by atoms with Crippen LogP contribution in [0.5, 0.6) is 0 Å². The lowest BCUT2D eigenvalue weighted by Gasteiger charge is -2.21. The van der Waals surface area contributed by atoms with Crippen molar-refractivity contribution in [3.05, 3.63) is 122 Å². The first-order valence-corrected chi connectivity index (χ1v) is 29.9. The highest BCUT2D eigenvalue weighted by Crippen LogP contribution is 2.43. The fourth-order valence-electron chi connectivity index (χ4n) is 7.07. The van der Waals surface area contributed by atoms with Crippen molar-refractivity contribution in [2.45, 2.75) is 226 Å². The number of unbranched alkanes of at least 4 members (excludes halogenated alkanes) is 14. The molecule has 0 saturated heterocycles. The molecule has 0 aromatic rings. The number of ether oxygens (including phenoxy) is 3. The average Bonchev–Trinajstić information content (AvgIpc) is 3.39. The van der Waals surface area contributed by atoms with E-state index in [4.69, 9.17) is 23.3 Å². The molecule has 0 aliphatic rings. The van der Waals surface area contributed by atoms with E-state index in [-0.39, 0.29) is 25.9 Å². The average molecular weight is 1050 g/mol. The van der Waals surface area contributed by atoms with Gasteiger partial charge in [-0.25, -0.2) is 4.57 Å². The topological polar surface area (TPSA) is 155 Å². The fourth-order valence-corrected chi connectivity index (χ4v) is 7.86. The van der Waals surface area contributed by atoms with Crippen LogP contribution in [0.25, 0.3) is 0 Å². The summed E-state index contributed by atoms with van der Waals surface area (Å²) in [6, 6.07) is 0. The van der Waals surface area contributed by atoms with E-state index in [1.165, 1.54) is 25.7 Å². The molecule has 3 unspecified atom stereocenters. The Balaban J connectivity index is 4.88. The van der Waals surface area contributed by atoms with Gasteiger partial charge in [-0.3, -0.25) is 23.4 Å². The number of aliphatic hydroxyl groups excluding tert-OH is 1. The van der Waals surface area contributed by atoms with E-state index in [1.54, 1.807) is 0 Å². The van der Waals surface area contributed by atoms with Crippen molar-refractivity contribution < 1.29 is 52.2 Å². The third-order valence-corrected chi connectivity index (χ3v) is 12.3. The number of hydrogen-bond acceptors (Lipinski definition) is 10. The van der Waals surface area contributed by atoms with Gasteiger partial charge in [0.2, 0.25) is 0 Å². The second-order valence-electron chi connectivity index (χ2n) is 18.3. The highest BCUT2D eigenvalue weighted by Gasteiger charge is 2.28. The van der Waals surface area contributed by atoms with Gasteiger partial charge in [0.05, 0.1) is 19.8 Å². The summed E-state index contributed by atoms with van der Waals surface area (Å²) in [4.78, 5) is 48.5. The summed E-state index contributed by atoms with van der Waals surface area (Å²) in [5, 5.41) is 9.80. The minimum atomic E-state index is -4.77. The molecular weight excluding hydrogens is 952 g/mol. The maximum absolute atomic E-state index is 12.9. The number of phosphoric acid groups is 1. The van der Waals surface area contributed by atoms with Crippen LogP contribution < -0.4 is 0 Å². The number of rotatable bonds is 51. The largest absolute Gasteiger partial charge is 0.472 e. The standard InChI is InChI=1S/C62H101O11P/c1-4-7-10-13-16-19-22-25-27-28-29-30-32-35-38-41-44-47-50-53-62(66)73-59(55-69-60(64)51-48-45-42-39-36-34-31-26-23-20-17-14-11-8-5-2)57-71-74(67,68)70-56-58(54-63)72-61(65)52-49-46-43-40-37-33-24-21-18-15-12-9-6-3/h7-8,10-11,16-17,19-21,24-27,29-31,35-36,38-39,58-59,63H,4-6,9,12-15,18,22-23,28,32-34,37,40-57H2,1-3H3,(H,67,68)/b10-7-,11-8-,19-16-,20-17-,24-21-,27-25-,30-29-,31-26-,38-35-,39-36-. The van der Waals surface area contributed by atoms with Crippen molar-refractivity contribution in [2.24, 2.45) is 0 Å². The van der Waals surface area contributed by atoms with E-state index in [0.29, 0.717) is 19.3 Å². The summed E-state index contributed by atoms with van der Waals surface area (Å²) in [6.07, 6.45) is 67.3. The summed E-state index contributed by atoms with van der Waals surface area (Å²) < 4.78 is 39.4. The lowest BCUT2D eigenvalue weighted by molar-refractivity contribution is -0.161. The molecule has 0 bridgehead atoms. The molecule has 0 fully saturated rings. The van der Waals surface area contributed by atoms with E-state index in [1.807, 2.05) is 0 Å². The van der Waals surface area contributed by atoms with Crippen LogP contribution in [-0.4, -0.2) is 66.5 Å². The molecule has 0 heterocycles. The van der Waals surface area contributed by atoms with Gasteiger partial charge in [-0.1, -0.05) is 187 Å². The summed E-state index contributed by atoms with van der Waals surface area (Å²) in [5.41, 5.74) is 0. The van der Waals surface area contributed by atoms with Crippen molar-refractivity contribution in [2.75, 3.05) is 26.4 Å². The lowest BCUT2D eigenvalue weighted by Crippen LogP contribution is -2.30. The molecule has 11 nitrogen and oxygen atoms in total. The molecule has 0 aliphatic carbocycles. The van der Waals surface area contributed by atoms with Gasteiger partial charge in [0.1, 0.15) is 12.7 Å². The van der Waals surface area contributed by atoms with Crippen LogP contribution >= 0.6 is 7.82 Å². The van der Waals surface area contributed by atoms with Crippen molar-refractivity contribution in [1.82, 2.24) is 0 Å². The van der Waals surface area contributed by atoms with Crippen LogP contribution in [0.1, 0.15) is 213 Å². The van der Waals surface area contributed by atoms with Crippen LogP contribution in [0, 0.1) is 0 Å². The number of phosphoric ester groups is 1. The Hall–Kier alpha value is -4.12. The van der Waals surface area contributed by atoms with Crippen molar-refractivity contribution in [1.29, 1.82) is 0 Å².